The van der Waals surface area contributed by atoms with Crippen molar-refractivity contribution in [3.05, 3.63) is 316 Å². The Hall–Kier alpha value is -11.0. The summed E-state index contributed by atoms with van der Waals surface area (Å²) in [6.07, 6.45) is 2.02. The summed E-state index contributed by atoms with van der Waals surface area (Å²) in [6.45, 7) is 0. The van der Waals surface area contributed by atoms with E-state index in [9.17, 15) is 10.2 Å². The third kappa shape index (κ3) is 9.36. The molecule has 3 N–H and O–H groups in total. The standard InChI is InChI=1S/C80H55NO2/c82-66-45-40-62(41-46-66)77-71(55-26-12-3-13-27-55)72(56-28-14-4-15-29-56)78(63-42-47-67(83)48-43-63)76(74(77)58-32-18-6-19-33-58)60-36-38-61(39-37-60)79-73(57-30-16-5-17-31-57)69(53-22-8-1-9-23-53)70(54-24-10-2-11-25-54)75(59-34-20-7-21-35-59)80(79)65-44-49-68-64(52-65)50-51-81-68/h1-52,81-83H. The van der Waals surface area contributed by atoms with E-state index in [4.69, 9.17) is 0 Å². The fourth-order valence-corrected chi connectivity index (χ4v) is 12.5. The zero-order chi connectivity index (χ0) is 55.6. The molecule has 0 aliphatic rings. The first-order valence-corrected chi connectivity index (χ1v) is 28.2. The summed E-state index contributed by atoms with van der Waals surface area (Å²) in [6, 6.07) is 109. The predicted molar refractivity (Wildman–Crippen MR) is 347 cm³/mol. The van der Waals surface area contributed by atoms with Crippen LogP contribution >= 0.6 is 0 Å². The van der Waals surface area contributed by atoms with E-state index in [2.05, 4.69) is 266 Å². The largest absolute Gasteiger partial charge is 0.508 e. The van der Waals surface area contributed by atoms with Gasteiger partial charge in [0.05, 0.1) is 0 Å². The summed E-state index contributed by atoms with van der Waals surface area (Å²) in [5.41, 5.74) is 26.8. The van der Waals surface area contributed by atoms with Crippen LogP contribution in [0.1, 0.15) is 0 Å². The quantitative estimate of drug-likeness (QED) is 0.114. The number of H-pyrrole nitrogens is 1. The minimum atomic E-state index is 0.192. The SMILES string of the molecule is Oc1ccc(-c2c(-c3ccccc3)c(-c3ccccc3)c(-c3ccc(O)cc3)c(-c3ccc(-c4c(-c5ccccc5)c(-c5ccccc5)c(-c5ccccc5)c(-c5ccccc5)c4-c4ccc5[nH]ccc5c4)cc3)c2-c2ccccc2)cc1. The van der Waals surface area contributed by atoms with Gasteiger partial charge in [0.25, 0.3) is 0 Å². The molecule has 0 fully saturated rings. The molecular formula is C80H55NO2. The second kappa shape index (κ2) is 21.9. The van der Waals surface area contributed by atoms with Gasteiger partial charge >= 0.3 is 0 Å². The smallest absolute Gasteiger partial charge is 0.115 e. The molecule has 0 radical (unpaired) electrons. The fourth-order valence-electron chi connectivity index (χ4n) is 12.5. The van der Waals surface area contributed by atoms with Crippen molar-refractivity contribution in [3.8, 4) is 145 Å². The molecule has 1 heterocycles. The zero-order valence-electron chi connectivity index (χ0n) is 45.4. The molecule has 0 atom stereocenters. The van der Waals surface area contributed by atoms with Crippen LogP contribution in [0.5, 0.6) is 11.5 Å². The molecule has 0 saturated carbocycles. The van der Waals surface area contributed by atoms with E-state index in [0.717, 1.165) is 144 Å². The molecule has 3 heteroatoms. The minimum absolute atomic E-state index is 0.192. The second-order valence-corrected chi connectivity index (χ2v) is 21.0. The molecule has 1 aromatic heterocycles. The molecule has 13 aromatic carbocycles. The number of nitrogens with one attached hydrogen (secondary N) is 1. The lowest BCUT2D eigenvalue weighted by Gasteiger charge is -2.30. The summed E-state index contributed by atoms with van der Waals surface area (Å²) in [7, 11) is 0. The van der Waals surface area contributed by atoms with Gasteiger partial charge in [0, 0.05) is 11.7 Å². The van der Waals surface area contributed by atoms with Gasteiger partial charge in [0.2, 0.25) is 0 Å². The van der Waals surface area contributed by atoms with Crippen LogP contribution < -0.4 is 0 Å². The first-order valence-electron chi connectivity index (χ1n) is 28.2. The molecule has 0 aliphatic carbocycles. The molecule has 0 unspecified atom stereocenters. The highest BCUT2D eigenvalue weighted by Crippen LogP contribution is 2.59. The van der Waals surface area contributed by atoms with Gasteiger partial charge in [0.15, 0.2) is 0 Å². The van der Waals surface area contributed by atoms with E-state index in [0.29, 0.717) is 0 Å². The first kappa shape index (κ1) is 50.2. The third-order valence-corrected chi connectivity index (χ3v) is 16.1. The molecule has 0 spiro atoms. The molecule has 392 valence electrons. The second-order valence-electron chi connectivity index (χ2n) is 21.0. The highest BCUT2D eigenvalue weighted by molar-refractivity contribution is 6.18. The Kier molecular flexibility index (Phi) is 13.3. The van der Waals surface area contributed by atoms with E-state index in [-0.39, 0.29) is 11.5 Å². The molecular weight excluding hydrogens is 1010 g/mol. The number of phenols is 2. The summed E-state index contributed by atoms with van der Waals surface area (Å²) in [5, 5.41) is 23.0. The lowest BCUT2D eigenvalue weighted by molar-refractivity contribution is 0.475. The van der Waals surface area contributed by atoms with Crippen molar-refractivity contribution in [2.75, 3.05) is 0 Å². The molecule has 0 bridgehead atoms. The predicted octanol–water partition coefficient (Wildman–Crippen LogP) is 21.6. The van der Waals surface area contributed by atoms with Crippen molar-refractivity contribution in [1.82, 2.24) is 4.98 Å². The topological polar surface area (TPSA) is 56.2 Å². The summed E-state index contributed by atoms with van der Waals surface area (Å²) in [5.74, 6) is 0.387. The summed E-state index contributed by atoms with van der Waals surface area (Å²) in [4.78, 5) is 3.47. The average Bonchev–Trinajstić information content (AvgIpc) is 4.08. The Morgan fingerprint density at radius 2 is 0.373 bits per heavy atom. The van der Waals surface area contributed by atoms with Crippen LogP contribution in [0.15, 0.2) is 316 Å². The number of phenolic OH excluding ortho intramolecular Hbond substituents is 2. The van der Waals surface area contributed by atoms with E-state index < -0.39 is 0 Å². The Morgan fingerprint density at radius 3 is 0.614 bits per heavy atom. The Bertz CT molecular complexity index is 4580. The van der Waals surface area contributed by atoms with E-state index in [1.165, 1.54) is 0 Å². The number of hydrogen-bond donors (Lipinski definition) is 3. The van der Waals surface area contributed by atoms with Crippen LogP contribution in [0.2, 0.25) is 0 Å². The Balaban J connectivity index is 1.17. The van der Waals surface area contributed by atoms with Gasteiger partial charge in [-0.15, -0.1) is 0 Å². The van der Waals surface area contributed by atoms with Gasteiger partial charge in [-0.2, -0.15) is 0 Å². The molecule has 0 saturated heterocycles. The number of aromatic nitrogens is 1. The van der Waals surface area contributed by atoms with Crippen LogP contribution in [0, 0.1) is 0 Å². The number of rotatable bonds is 12. The summed E-state index contributed by atoms with van der Waals surface area (Å²) >= 11 is 0. The van der Waals surface area contributed by atoms with Gasteiger partial charge in [-0.05, 0) is 181 Å². The van der Waals surface area contributed by atoms with Gasteiger partial charge in [-0.3, -0.25) is 0 Å². The minimum Gasteiger partial charge on any atom is -0.508 e. The lowest BCUT2D eigenvalue weighted by Crippen LogP contribution is -2.03. The number of hydrogen-bond acceptors (Lipinski definition) is 2. The van der Waals surface area contributed by atoms with Crippen LogP contribution in [0.3, 0.4) is 0 Å². The van der Waals surface area contributed by atoms with Crippen molar-refractivity contribution < 1.29 is 10.2 Å². The van der Waals surface area contributed by atoms with Crippen molar-refractivity contribution in [2.45, 2.75) is 0 Å². The maximum atomic E-state index is 11.0. The van der Waals surface area contributed by atoms with E-state index >= 15 is 0 Å². The number of fused-ring (bicyclic) bond motifs is 1. The highest BCUT2D eigenvalue weighted by Gasteiger charge is 2.32. The van der Waals surface area contributed by atoms with Crippen LogP contribution in [0.25, 0.3) is 144 Å². The maximum absolute atomic E-state index is 11.0. The summed E-state index contributed by atoms with van der Waals surface area (Å²) < 4.78 is 0. The maximum Gasteiger partial charge on any atom is 0.115 e. The van der Waals surface area contributed by atoms with Crippen molar-refractivity contribution >= 4 is 10.9 Å². The monoisotopic (exact) mass is 1060 g/mol. The zero-order valence-corrected chi connectivity index (χ0v) is 45.4. The molecule has 3 nitrogen and oxygen atoms in total. The number of aromatic amines is 1. The van der Waals surface area contributed by atoms with Gasteiger partial charge in [-0.25, -0.2) is 0 Å². The van der Waals surface area contributed by atoms with Crippen molar-refractivity contribution in [2.24, 2.45) is 0 Å². The molecule has 83 heavy (non-hydrogen) atoms. The van der Waals surface area contributed by atoms with Crippen LogP contribution in [0.4, 0.5) is 0 Å². The Morgan fingerprint density at radius 1 is 0.181 bits per heavy atom. The van der Waals surface area contributed by atoms with Crippen LogP contribution in [-0.2, 0) is 0 Å². The number of aromatic hydroxyl groups is 2. The van der Waals surface area contributed by atoms with Gasteiger partial charge < -0.3 is 15.2 Å². The molecule has 0 aliphatic heterocycles. The van der Waals surface area contributed by atoms with Crippen molar-refractivity contribution in [1.29, 1.82) is 0 Å². The van der Waals surface area contributed by atoms with Crippen molar-refractivity contribution in [3.63, 3.8) is 0 Å². The number of benzene rings is 13. The van der Waals surface area contributed by atoms with E-state index in [1.54, 1.807) is 24.3 Å². The molecule has 14 aromatic rings. The normalized spacial score (nSPS) is 11.2. The highest BCUT2D eigenvalue weighted by atomic mass is 16.3. The Labute approximate surface area is 484 Å². The molecule has 14 rings (SSSR count). The third-order valence-electron chi connectivity index (χ3n) is 16.1. The fraction of sp³-hybridized carbons (Fsp3) is 0. The first-order chi connectivity index (χ1) is 41.1. The average molecular weight is 1060 g/mol. The van der Waals surface area contributed by atoms with Gasteiger partial charge in [-0.1, -0.05) is 267 Å². The molecule has 0 amide bonds. The van der Waals surface area contributed by atoms with Gasteiger partial charge in [0.1, 0.15) is 11.5 Å². The van der Waals surface area contributed by atoms with Crippen LogP contribution in [-0.4, -0.2) is 15.2 Å². The van der Waals surface area contributed by atoms with E-state index in [1.807, 2.05) is 30.5 Å². The lowest BCUT2D eigenvalue weighted by atomic mass is 9.73.